The fraction of sp³-hybridized carbons (Fsp3) is 0.222. The highest BCUT2D eigenvalue weighted by molar-refractivity contribution is 7.80. The molecule has 0 radical (unpaired) electrons. The van der Waals surface area contributed by atoms with Gasteiger partial charge in [-0.1, -0.05) is 23.2 Å². The van der Waals surface area contributed by atoms with Crippen LogP contribution in [0, 0.1) is 0 Å². The molecule has 0 heterocycles. The third-order valence-electron chi connectivity index (χ3n) is 1.70. The van der Waals surface area contributed by atoms with Gasteiger partial charge in [0, 0.05) is 11.8 Å². The zero-order chi connectivity index (χ0) is 13.9. The number of hydrogen-bond donors (Lipinski definition) is 2. The van der Waals surface area contributed by atoms with Crippen LogP contribution in [0.5, 0.6) is 5.75 Å². The Morgan fingerprint density at radius 3 is 2.61 bits per heavy atom. The number of anilines is 1. The van der Waals surface area contributed by atoms with E-state index in [1.54, 1.807) is 0 Å². The molecule has 0 aliphatic rings. The Balaban J connectivity index is 2.97. The molecule has 0 aliphatic carbocycles. The molecule has 0 saturated heterocycles. The van der Waals surface area contributed by atoms with Gasteiger partial charge in [0.05, 0.1) is 5.02 Å². The number of thiocarbonyl (C=S) groups is 1. The van der Waals surface area contributed by atoms with Crippen LogP contribution >= 0.6 is 35.4 Å². The smallest absolute Gasteiger partial charge is 0.428 e. The van der Waals surface area contributed by atoms with E-state index in [0.29, 0.717) is 0 Å². The second-order valence-electron chi connectivity index (χ2n) is 3.10. The number of benzene rings is 1. The maximum Gasteiger partial charge on any atom is 0.444 e. The van der Waals surface area contributed by atoms with E-state index in [2.05, 4.69) is 33.9 Å². The first kappa shape index (κ1) is 15.1. The van der Waals surface area contributed by atoms with Crippen molar-refractivity contribution in [3.63, 3.8) is 0 Å². The minimum atomic E-state index is -4.20. The largest absolute Gasteiger partial charge is 0.444 e. The molecule has 1 aromatic rings. The third-order valence-corrected chi connectivity index (χ3v) is 2.37. The molecule has 3 N–H and O–H groups in total. The van der Waals surface area contributed by atoms with E-state index < -0.39 is 17.5 Å². The molecule has 1 aromatic carbocycles. The van der Waals surface area contributed by atoms with Crippen LogP contribution in [-0.4, -0.2) is 16.9 Å². The molecule has 0 fully saturated rings. The Bertz CT molecular complexity index is 459. The molecular formula is C9H7Cl2F3N2OS. The van der Waals surface area contributed by atoms with Crippen LogP contribution in [-0.2, 0) is 0 Å². The molecule has 3 nitrogen and oxygen atoms in total. The Morgan fingerprint density at radius 1 is 1.50 bits per heavy atom. The van der Waals surface area contributed by atoms with Gasteiger partial charge in [0.25, 0.3) is 5.63 Å². The molecular weight excluding hydrogens is 312 g/mol. The fourth-order valence-electron chi connectivity index (χ4n) is 0.993. The van der Waals surface area contributed by atoms with Gasteiger partial charge >= 0.3 is 6.11 Å². The summed E-state index contributed by atoms with van der Waals surface area (Å²) in [6.07, 6.45) is -4.20. The summed E-state index contributed by atoms with van der Waals surface area (Å²) in [4.78, 5) is 0. The van der Waals surface area contributed by atoms with E-state index in [9.17, 15) is 13.2 Å². The number of rotatable bonds is 4. The van der Waals surface area contributed by atoms with Gasteiger partial charge < -0.3 is 15.8 Å². The van der Waals surface area contributed by atoms with Gasteiger partial charge in [0.1, 0.15) is 5.75 Å². The second kappa shape index (κ2) is 5.81. The van der Waals surface area contributed by atoms with Crippen molar-refractivity contribution in [3.05, 3.63) is 23.2 Å². The molecule has 18 heavy (non-hydrogen) atoms. The van der Waals surface area contributed by atoms with Crippen molar-refractivity contribution < 1.29 is 17.9 Å². The summed E-state index contributed by atoms with van der Waals surface area (Å²) in [5, 5.41) is 2.27. The lowest BCUT2D eigenvalue weighted by Gasteiger charge is -2.19. The first-order valence-corrected chi connectivity index (χ1v) is 5.65. The standard InChI is InChI=1S/C9H7Cl2F3N2OS/c10-5-2-1-4(16-8(15)18)3-6(5)17-9(13,14)7(11)12/h1-3,7H,(H3,15,16,18). The zero-order valence-electron chi connectivity index (χ0n) is 8.59. The molecule has 9 heteroatoms. The Hall–Kier alpha value is -0.920. The molecule has 0 spiro atoms. The lowest BCUT2D eigenvalue weighted by Crippen LogP contribution is -2.32. The number of alkyl halides is 4. The van der Waals surface area contributed by atoms with Gasteiger partial charge in [-0.15, -0.1) is 0 Å². The van der Waals surface area contributed by atoms with Crippen molar-refractivity contribution in [1.82, 2.24) is 0 Å². The Labute approximate surface area is 116 Å². The van der Waals surface area contributed by atoms with E-state index in [1.807, 2.05) is 0 Å². The molecule has 0 saturated carbocycles. The summed E-state index contributed by atoms with van der Waals surface area (Å²) in [6, 6.07) is 3.78. The highest BCUT2D eigenvalue weighted by Gasteiger charge is 2.42. The van der Waals surface area contributed by atoms with E-state index in [-0.39, 0.29) is 15.8 Å². The van der Waals surface area contributed by atoms with Crippen molar-refractivity contribution in [2.24, 2.45) is 5.73 Å². The van der Waals surface area contributed by atoms with E-state index in [4.69, 9.17) is 17.3 Å². The minimum Gasteiger partial charge on any atom is -0.428 e. The van der Waals surface area contributed by atoms with Gasteiger partial charge in [-0.25, -0.2) is 4.39 Å². The molecule has 1 unspecified atom stereocenters. The highest BCUT2D eigenvalue weighted by Crippen LogP contribution is 2.34. The highest BCUT2D eigenvalue weighted by atomic mass is 35.5. The van der Waals surface area contributed by atoms with Crippen LogP contribution in [0.4, 0.5) is 18.9 Å². The maximum atomic E-state index is 12.9. The molecule has 0 bridgehead atoms. The Morgan fingerprint density at radius 2 is 2.11 bits per heavy atom. The summed E-state index contributed by atoms with van der Waals surface area (Å²) in [5.41, 5.74) is 2.47. The van der Waals surface area contributed by atoms with Gasteiger partial charge in [-0.05, 0) is 24.4 Å². The molecule has 1 atom stereocenters. The minimum absolute atomic E-state index is 0.0734. The number of hydrogen-bond acceptors (Lipinski definition) is 2. The number of nitrogens with two attached hydrogens (primary N) is 1. The summed E-state index contributed by atoms with van der Waals surface area (Å²) >= 11 is 14.9. The topological polar surface area (TPSA) is 47.3 Å². The van der Waals surface area contributed by atoms with Crippen molar-refractivity contribution in [1.29, 1.82) is 0 Å². The first-order valence-electron chi connectivity index (χ1n) is 4.43. The van der Waals surface area contributed by atoms with Crippen LogP contribution in [0.3, 0.4) is 0 Å². The summed E-state index contributed by atoms with van der Waals surface area (Å²) in [7, 11) is 0. The van der Waals surface area contributed by atoms with E-state index in [0.717, 1.165) is 6.07 Å². The maximum absolute atomic E-state index is 12.9. The quantitative estimate of drug-likeness (QED) is 0.659. The average Bonchev–Trinajstić information content (AvgIpc) is 2.21. The van der Waals surface area contributed by atoms with E-state index in [1.165, 1.54) is 12.1 Å². The monoisotopic (exact) mass is 318 g/mol. The van der Waals surface area contributed by atoms with Crippen LogP contribution in [0.1, 0.15) is 0 Å². The fourth-order valence-corrected chi connectivity index (χ4v) is 1.31. The van der Waals surface area contributed by atoms with Crippen molar-refractivity contribution in [3.8, 4) is 5.75 Å². The number of ether oxygens (including phenoxy) is 1. The number of nitrogens with one attached hydrogen (secondary N) is 1. The SMILES string of the molecule is NC(=S)Nc1ccc(Cl)c(OC(F)(F)C(F)Cl)c1. The van der Waals surface area contributed by atoms with Gasteiger partial charge in [-0.2, -0.15) is 8.78 Å². The normalized spacial score (nSPS) is 12.9. The zero-order valence-corrected chi connectivity index (χ0v) is 10.9. The van der Waals surface area contributed by atoms with Crippen LogP contribution in [0.2, 0.25) is 5.02 Å². The van der Waals surface area contributed by atoms with Gasteiger partial charge in [0.2, 0.25) is 0 Å². The van der Waals surface area contributed by atoms with Crippen LogP contribution in [0.15, 0.2) is 18.2 Å². The summed E-state index contributed by atoms with van der Waals surface area (Å²) in [6.45, 7) is 0. The van der Waals surface area contributed by atoms with Crippen molar-refractivity contribution >= 4 is 46.2 Å². The summed E-state index contributed by atoms with van der Waals surface area (Å²) in [5.74, 6) is -0.453. The van der Waals surface area contributed by atoms with Gasteiger partial charge in [0.15, 0.2) is 5.11 Å². The molecule has 100 valence electrons. The molecule has 0 aliphatic heterocycles. The van der Waals surface area contributed by atoms with Gasteiger partial charge in [-0.3, -0.25) is 0 Å². The lowest BCUT2D eigenvalue weighted by atomic mass is 10.3. The van der Waals surface area contributed by atoms with Crippen molar-refractivity contribution in [2.75, 3.05) is 5.32 Å². The second-order valence-corrected chi connectivity index (χ2v) is 4.33. The first-order chi connectivity index (χ1) is 8.22. The predicted molar refractivity (Wildman–Crippen MR) is 68.2 cm³/mol. The molecule has 0 amide bonds. The molecule has 0 aromatic heterocycles. The summed E-state index contributed by atoms with van der Waals surface area (Å²) < 4.78 is 42.4. The lowest BCUT2D eigenvalue weighted by molar-refractivity contribution is -0.198. The molecule has 1 rings (SSSR count). The third kappa shape index (κ3) is 4.08. The van der Waals surface area contributed by atoms with Crippen LogP contribution < -0.4 is 15.8 Å². The van der Waals surface area contributed by atoms with Crippen molar-refractivity contribution in [2.45, 2.75) is 11.7 Å². The number of halogens is 5. The average molecular weight is 319 g/mol. The predicted octanol–water partition coefficient (Wildman–Crippen LogP) is 3.50. The van der Waals surface area contributed by atoms with Crippen LogP contribution in [0.25, 0.3) is 0 Å². The van der Waals surface area contributed by atoms with E-state index >= 15 is 0 Å². The Kier molecular flexibility index (Phi) is 4.89.